The molecule has 114 valence electrons. The molecule has 0 heterocycles. The van der Waals surface area contributed by atoms with Crippen LogP contribution in [0.15, 0.2) is 18.2 Å². The van der Waals surface area contributed by atoms with Crippen molar-refractivity contribution >= 4 is 17.5 Å². The molecule has 1 aliphatic rings. The van der Waals surface area contributed by atoms with Crippen LogP contribution in [0.5, 0.6) is 0 Å². The Bertz CT molecular complexity index is 530. The summed E-state index contributed by atoms with van der Waals surface area (Å²) in [5.41, 5.74) is 11.2. The second-order valence-electron chi connectivity index (χ2n) is 5.19. The smallest absolute Gasteiger partial charge is 0.236 e. The molecule has 2 amide bonds. The fraction of sp³-hybridized carbons (Fsp3) is 0.429. The second-order valence-corrected chi connectivity index (χ2v) is 5.19. The highest BCUT2D eigenvalue weighted by atomic mass is 19.1. The summed E-state index contributed by atoms with van der Waals surface area (Å²) >= 11 is 0. The van der Waals surface area contributed by atoms with Crippen molar-refractivity contribution in [2.75, 3.05) is 18.0 Å². The van der Waals surface area contributed by atoms with Crippen molar-refractivity contribution in [3.63, 3.8) is 0 Å². The lowest BCUT2D eigenvalue weighted by molar-refractivity contribution is -0.117. The maximum atomic E-state index is 14.2. The van der Waals surface area contributed by atoms with Crippen LogP contribution in [-0.2, 0) is 16.1 Å². The molecular formula is C14H19FN4O2. The molecule has 0 radical (unpaired) electrons. The van der Waals surface area contributed by atoms with Crippen molar-refractivity contribution < 1.29 is 14.0 Å². The summed E-state index contributed by atoms with van der Waals surface area (Å²) in [5, 5.41) is 3.28. The number of amides is 2. The Morgan fingerprint density at radius 2 is 1.86 bits per heavy atom. The molecule has 1 aliphatic carbocycles. The first-order valence-electron chi connectivity index (χ1n) is 6.79. The molecule has 0 unspecified atom stereocenters. The van der Waals surface area contributed by atoms with Crippen LogP contribution in [0.25, 0.3) is 0 Å². The van der Waals surface area contributed by atoms with E-state index in [1.165, 1.54) is 11.0 Å². The molecule has 0 saturated heterocycles. The van der Waals surface area contributed by atoms with Crippen LogP contribution in [0.1, 0.15) is 18.4 Å². The number of nitrogens with one attached hydrogen (secondary N) is 1. The molecule has 0 aliphatic heterocycles. The van der Waals surface area contributed by atoms with Crippen LogP contribution < -0.4 is 21.7 Å². The molecule has 1 saturated carbocycles. The monoisotopic (exact) mass is 294 g/mol. The maximum Gasteiger partial charge on any atom is 0.236 e. The van der Waals surface area contributed by atoms with E-state index in [-0.39, 0.29) is 18.8 Å². The topological polar surface area (TPSA) is 101 Å². The van der Waals surface area contributed by atoms with Gasteiger partial charge in [0.05, 0.1) is 18.8 Å². The first kappa shape index (κ1) is 15.2. The van der Waals surface area contributed by atoms with Crippen molar-refractivity contribution in [2.24, 2.45) is 11.5 Å². The SMILES string of the molecule is NC(=O)CN(CC(N)=O)c1c(F)cccc1CNC1CC1. The number of carbonyl (C=O) groups is 2. The van der Waals surface area contributed by atoms with Crippen LogP contribution >= 0.6 is 0 Å². The van der Waals surface area contributed by atoms with Gasteiger partial charge in [-0.05, 0) is 24.5 Å². The minimum absolute atomic E-state index is 0.197. The maximum absolute atomic E-state index is 14.2. The number of rotatable bonds is 8. The highest BCUT2D eigenvalue weighted by Crippen LogP contribution is 2.26. The van der Waals surface area contributed by atoms with Crippen LogP contribution in [0, 0.1) is 5.82 Å². The van der Waals surface area contributed by atoms with E-state index in [1.807, 2.05) is 0 Å². The van der Waals surface area contributed by atoms with Crippen molar-refractivity contribution in [1.82, 2.24) is 5.32 Å². The first-order valence-corrected chi connectivity index (χ1v) is 6.79. The zero-order valence-corrected chi connectivity index (χ0v) is 11.6. The van der Waals surface area contributed by atoms with Gasteiger partial charge >= 0.3 is 0 Å². The number of para-hydroxylation sites is 1. The van der Waals surface area contributed by atoms with Gasteiger partial charge in [-0.25, -0.2) is 4.39 Å². The third kappa shape index (κ3) is 4.42. The zero-order chi connectivity index (χ0) is 15.4. The predicted molar refractivity (Wildman–Crippen MR) is 76.9 cm³/mol. The number of halogens is 1. The van der Waals surface area contributed by atoms with E-state index in [2.05, 4.69) is 5.32 Å². The molecule has 0 atom stereocenters. The van der Waals surface area contributed by atoms with Crippen LogP contribution in [0.3, 0.4) is 0 Å². The Kier molecular flexibility index (Phi) is 4.74. The van der Waals surface area contributed by atoms with E-state index < -0.39 is 17.6 Å². The number of nitrogens with two attached hydrogens (primary N) is 2. The molecule has 0 aromatic heterocycles. The van der Waals surface area contributed by atoms with Gasteiger partial charge < -0.3 is 21.7 Å². The molecule has 0 bridgehead atoms. The van der Waals surface area contributed by atoms with Gasteiger partial charge in [0.25, 0.3) is 0 Å². The number of carbonyl (C=O) groups excluding carboxylic acids is 2. The summed E-state index contributed by atoms with van der Waals surface area (Å²) in [7, 11) is 0. The van der Waals surface area contributed by atoms with Gasteiger partial charge in [0.1, 0.15) is 5.82 Å². The third-order valence-electron chi connectivity index (χ3n) is 3.24. The Labute approximate surface area is 122 Å². The van der Waals surface area contributed by atoms with E-state index in [9.17, 15) is 14.0 Å². The lowest BCUT2D eigenvalue weighted by atomic mass is 10.1. The number of hydrogen-bond acceptors (Lipinski definition) is 4. The minimum Gasteiger partial charge on any atom is -0.368 e. The number of hydrogen-bond donors (Lipinski definition) is 3. The quantitative estimate of drug-likeness (QED) is 0.621. The van der Waals surface area contributed by atoms with Gasteiger partial charge in [-0.2, -0.15) is 0 Å². The van der Waals surface area contributed by atoms with Gasteiger partial charge in [0, 0.05) is 12.6 Å². The summed E-state index contributed by atoms with van der Waals surface area (Å²) in [6.45, 7) is -0.0631. The van der Waals surface area contributed by atoms with Crippen LogP contribution in [-0.4, -0.2) is 30.9 Å². The van der Waals surface area contributed by atoms with E-state index in [1.54, 1.807) is 12.1 Å². The molecule has 7 heteroatoms. The molecule has 1 fully saturated rings. The van der Waals surface area contributed by atoms with Gasteiger partial charge in [0.15, 0.2) is 0 Å². The highest BCUT2D eigenvalue weighted by molar-refractivity contribution is 5.85. The molecule has 1 aromatic carbocycles. The highest BCUT2D eigenvalue weighted by Gasteiger charge is 2.23. The van der Waals surface area contributed by atoms with Gasteiger partial charge in [-0.15, -0.1) is 0 Å². The zero-order valence-electron chi connectivity index (χ0n) is 11.6. The Balaban J connectivity index is 2.26. The lowest BCUT2D eigenvalue weighted by Gasteiger charge is -2.25. The summed E-state index contributed by atoms with van der Waals surface area (Å²) in [6.07, 6.45) is 2.22. The van der Waals surface area contributed by atoms with Crippen molar-refractivity contribution in [3.8, 4) is 0 Å². The Hall–Kier alpha value is -2.15. The summed E-state index contributed by atoms with van der Waals surface area (Å²) in [4.78, 5) is 23.6. The number of nitrogens with zero attached hydrogens (tertiary/aromatic N) is 1. The van der Waals surface area contributed by atoms with Crippen LogP contribution in [0.4, 0.5) is 10.1 Å². The molecule has 2 rings (SSSR count). The standard InChI is InChI=1S/C14H19FN4O2/c15-11-3-1-2-9(6-18-10-4-5-10)14(11)19(7-12(16)20)8-13(17)21/h1-3,10,18H,4-8H2,(H2,16,20)(H2,17,21). The Morgan fingerprint density at radius 1 is 1.24 bits per heavy atom. The molecule has 21 heavy (non-hydrogen) atoms. The van der Waals surface area contributed by atoms with E-state index in [4.69, 9.17) is 11.5 Å². The minimum atomic E-state index is -0.652. The second kappa shape index (κ2) is 6.53. The molecule has 0 spiro atoms. The van der Waals surface area contributed by atoms with E-state index >= 15 is 0 Å². The first-order chi connectivity index (χ1) is 9.97. The lowest BCUT2D eigenvalue weighted by Crippen LogP contribution is -2.41. The summed E-state index contributed by atoms with van der Waals surface area (Å²) < 4.78 is 14.2. The Morgan fingerprint density at radius 3 is 2.38 bits per heavy atom. The largest absolute Gasteiger partial charge is 0.368 e. The average Bonchev–Trinajstić information content (AvgIpc) is 3.18. The van der Waals surface area contributed by atoms with E-state index in [0.717, 1.165) is 12.8 Å². The fourth-order valence-corrected chi connectivity index (χ4v) is 2.19. The van der Waals surface area contributed by atoms with Crippen LogP contribution in [0.2, 0.25) is 0 Å². The normalized spacial score (nSPS) is 14.0. The van der Waals surface area contributed by atoms with Crippen molar-refractivity contribution in [1.29, 1.82) is 0 Å². The molecular weight excluding hydrogens is 275 g/mol. The average molecular weight is 294 g/mol. The third-order valence-corrected chi connectivity index (χ3v) is 3.24. The molecule has 6 nitrogen and oxygen atoms in total. The fourth-order valence-electron chi connectivity index (χ4n) is 2.19. The van der Waals surface area contributed by atoms with E-state index in [0.29, 0.717) is 18.2 Å². The van der Waals surface area contributed by atoms with Crippen molar-refractivity contribution in [3.05, 3.63) is 29.6 Å². The van der Waals surface area contributed by atoms with Gasteiger partial charge in [-0.1, -0.05) is 12.1 Å². The van der Waals surface area contributed by atoms with Gasteiger partial charge in [-0.3, -0.25) is 9.59 Å². The number of anilines is 1. The number of primary amides is 2. The molecule has 1 aromatic rings. The van der Waals surface area contributed by atoms with Gasteiger partial charge in [0.2, 0.25) is 11.8 Å². The number of benzene rings is 1. The predicted octanol–water partition coefficient (Wildman–Crippen LogP) is -0.145. The van der Waals surface area contributed by atoms with Crippen molar-refractivity contribution in [2.45, 2.75) is 25.4 Å². The molecule has 5 N–H and O–H groups in total. The summed E-state index contributed by atoms with van der Waals surface area (Å²) in [5.74, 6) is -1.81. The summed E-state index contributed by atoms with van der Waals surface area (Å²) in [6, 6.07) is 5.09.